The van der Waals surface area contributed by atoms with Crippen LogP contribution >= 0.6 is 0 Å². The number of benzene rings is 1. The van der Waals surface area contributed by atoms with Crippen molar-refractivity contribution < 1.29 is 9.53 Å². The Hall–Kier alpha value is -1.51. The average Bonchev–Trinajstić information content (AvgIpc) is 1.99. The zero-order valence-corrected chi connectivity index (χ0v) is 9.63. The van der Waals surface area contributed by atoms with Gasteiger partial charge in [-0.25, -0.2) is 4.79 Å². The van der Waals surface area contributed by atoms with Crippen LogP contribution in [0.3, 0.4) is 0 Å². The molecule has 0 aliphatic heterocycles. The molecule has 3 heteroatoms. The summed E-state index contributed by atoms with van der Waals surface area (Å²) in [6.45, 7) is 7.41. The van der Waals surface area contributed by atoms with Gasteiger partial charge in [0.25, 0.3) is 0 Å². The second-order valence-corrected chi connectivity index (χ2v) is 4.59. The van der Waals surface area contributed by atoms with Crippen molar-refractivity contribution in [3.05, 3.63) is 29.3 Å². The topological polar surface area (TPSA) is 52.3 Å². The van der Waals surface area contributed by atoms with Crippen molar-refractivity contribution >= 4 is 11.7 Å². The van der Waals surface area contributed by atoms with Gasteiger partial charge in [0.15, 0.2) is 0 Å². The van der Waals surface area contributed by atoms with E-state index in [2.05, 4.69) is 0 Å². The molecule has 1 aromatic carbocycles. The molecular formula is C12H17NO2. The Balaban J connectivity index is 2.92. The lowest BCUT2D eigenvalue weighted by atomic mass is 10.1. The Labute approximate surface area is 90.2 Å². The molecule has 3 nitrogen and oxygen atoms in total. The van der Waals surface area contributed by atoms with E-state index in [1.54, 1.807) is 12.1 Å². The van der Waals surface area contributed by atoms with Crippen molar-refractivity contribution in [3.8, 4) is 0 Å². The highest BCUT2D eigenvalue weighted by Gasteiger charge is 2.19. The summed E-state index contributed by atoms with van der Waals surface area (Å²) in [5.41, 5.74) is 7.16. The quantitative estimate of drug-likeness (QED) is 0.568. The van der Waals surface area contributed by atoms with E-state index < -0.39 is 5.60 Å². The lowest BCUT2D eigenvalue weighted by molar-refractivity contribution is 0.00708. The molecule has 0 unspecified atom stereocenters. The van der Waals surface area contributed by atoms with Crippen molar-refractivity contribution in [1.29, 1.82) is 0 Å². The van der Waals surface area contributed by atoms with Crippen LogP contribution in [0.25, 0.3) is 0 Å². The Morgan fingerprint density at radius 3 is 2.40 bits per heavy atom. The maximum Gasteiger partial charge on any atom is 0.340 e. The normalized spacial score (nSPS) is 11.2. The Morgan fingerprint density at radius 1 is 1.33 bits per heavy atom. The lowest BCUT2D eigenvalue weighted by Gasteiger charge is -2.20. The molecule has 0 fully saturated rings. The third-order valence-electron chi connectivity index (χ3n) is 1.83. The molecule has 0 spiro atoms. The van der Waals surface area contributed by atoms with Gasteiger partial charge in [-0.15, -0.1) is 0 Å². The number of carbonyl (C=O) groups is 1. The molecule has 82 valence electrons. The molecule has 1 rings (SSSR count). The lowest BCUT2D eigenvalue weighted by Crippen LogP contribution is -2.24. The maximum absolute atomic E-state index is 11.7. The number of anilines is 1. The minimum Gasteiger partial charge on any atom is -0.456 e. The van der Waals surface area contributed by atoms with E-state index in [-0.39, 0.29) is 5.97 Å². The first-order chi connectivity index (χ1) is 6.79. The Bertz CT molecular complexity index is 378. The van der Waals surface area contributed by atoms with Gasteiger partial charge in [0.1, 0.15) is 5.60 Å². The first-order valence-corrected chi connectivity index (χ1v) is 4.89. The fourth-order valence-corrected chi connectivity index (χ4v) is 1.20. The van der Waals surface area contributed by atoms with Crippen LogP contribution in [0.15, 0.2) is 18.2 Å². The number of esters is 1. The summed E-state index contributed by atoms with van der Waals surface area (Å²) in [6, 6.07) is 5.30. The summed E-state index contributed by atoms with van der Waals surface area (Å²) in [7, 11) is 0. The van der Waals surface area contributed by atoms with Crippen LogP contribution in [-0.4, -0.2) is 11.6 Å². The molecule has 0 heterocycles. The summed E-state index contributed by atoms with van der Waals surface area (Å²) < 4.78 is 5.23. The van der Waals surface area contributed by atoms with Crippen LogP contribution in [0.4, 0.5) is 5.69 Å². The molecule has 0 saturated heterocycles. The summed E-state index contributed by atoms with van der Waals surface area (Å²) in [5.74, 6) is -0.375. The number of nitrogen functional groups attached to an aromatic ring is 1. The van der Waals surface area contributed by atoms with E-state index in [0.717, 1.165) is 5.56 Å². The van der Waals surface area contributed by atoms with Crippen molar-refractivity contribution in [1.82, 2.24) is 0 Å². The highest BCUT2D eigenvalue weighted by atomic mass is 16.6. The molecule has 0 radical (unpaired) electrons. The van der Waals surface area contributed by atoms with Crippen LogP contribution in [0, 0.1) is 6.92 Å². The smallest absolute Gasteiger partial charge is 0.340 e. The summed E-state index contributed by atoms with van der Waals surface area (Å²) in [5, 5.41) is 0. The van der Waals surface area contributed by atoms with Gasteiger partial charge in [-0.3, -0.25) is 0 Å². The number of hydrogen-bond acceptors (Lipinski definition) is 3. The highest BCUT2D eigenvalue weighted by Crippen LogP contribution is 2.18. The van der Waals surface area contributed by atoms with Crippen LogP contribution in [-0.2, 0) is 4.74 Å². The van der Waals surface area contributed by atoms with Crippen molar-refractivity contribution in [2.45, 2.75) is 33.3 Å². The third kappa shape index (κ3) is 3.27. The molecule has 0 atom stereocenters. The minimum atomic E-state index is -0.492. The Kier molecular flexibility index (Phi) is 3.03. The number of ether oxygens (including phenoxy) is 1. The van der Waals surface area contributed by atoms with Crippen molar-refractivity contribution in [2.24, 2.45) is 0 Å². The molecule has 2 N–H and O–H groups in total. The van der Waals surface area contributed by atoms with Gasteiger partial charge in [-0.2, -0.15) is 0 Å². The zero-order valence-electron chi connectivity index (χ0n) is 9.63. The molecule has 0 amide bonds. The molecular weight excluding hydrogens is 190 g/mol. The van der Waals surface area contributed by atoms with Gasteiger partial charge < -0.3 is 10.5 Å². The van der Waals surface area contributed by atoms with Crippen molar-refractivity contribution in [2.75, 3.05) is 5.73 Å². The molecule has 1 aromatic rings. The second-order valence-electron chi connectivity index (χ2n) is 4.59. The number of rotatable bonds is 1. The van der Waals surface area contributed by atoms with E-state index in [9.17, 15) is 4.79 Å². The first kappa shape index (κ1) is 11.6. The fraction of sp³-hybridized carbons (Fsp3) is 0.417. The predicted molar refractivity (Wildman–Crippen MR) is 60.8 cm³/mol. The van der Waals surface area contributed by atoms with Crippen LogP contribution in [0.2, 0.25) is 0 Å². The largest absolute Gasteiger partial charge is 0.456 e. The fourth-order valence-electron chi connectivity index (χ4n) is 1.20. The van der Waals surface area contributed by atoms with Gasteiger partial charge in [-0.1, -0.05) is 6.07 Å². The van der Waals surface area contributed by atoms with E-state index in [1.165, 1.54) is 0 Å². The van der Waals surface area contributed by atoms with Crippen LogP contribution in [0.5, 0.6) is 0 Å². The monoisotopic (exact) mass is 207 g/mol. The third-order valence-corrected chi connectivity index (χ3v) is 1.83. The molecule has 0 saturated carbocycles. The van der Waals surface area contributed by atoms with Gasteiger partial charge in [0.05, 0.1) is 5.56 Å². The highest BCUT2D eigenvalue weighted by molar-refractivity contribution is 5.95. The molecule has 0 bridgehead atoms. The predicted octanol–water partition coefficient (Wildman–Crippen LogP) is 2.53. The maximum atomic E-state index is 11.7. The summed E-state index contributed by atoms with van der Waals surface area (Å²) in [6.07, 6.45) is 0. The molecule has 0 aliphatic rings. The molecule has 0 aliphatic carbocycles. The molecule has 0 aromatic heterocycles. The van der Waals surface area contributed by atoms with Crippen LogP contribution in [0.1, 0.15) is 36.7 Å². The van der Waals surface area contributed by atoms with E-state index in [4.69, 9.17) is 10.5 Å². The standard InChI is InChI=1S/C12H17NO2/c1-8-5-6-9(10(13)7-8)11(14)15-12(2,3)4/h5-7H,13H2,1-4H3. The SMILES string of the molecule is Cc1ccc(C(=O)OC(C)(C)C)c(N)c1. The number of aryl methyl sites for hydroxylation is 1. The van der Waals surface area contributed by atoms with E-state index >= 15 is 0 Å². The second kappa shape index (κ2) is 3.93. The zero-order chi connectivity index (χ0) is 11.6. The minimum absolute atomic E-state index is 0.375. The number of nitrogens with two attached hydrogens (primary N) is 1. The number of hydrogen-bond donors (Lipinski definition) is 1. The van der Waals surface area contributed by atoms with E-state index in [1.807, 2.05) is 33.8 Å². The van der Waals surface area contributed by atoms with Crippen LogP contribution < -0.4 is 5.73 Å². The summed E-state index contributed by atoms with van der Waals surface area (Å²) >= 11 is 0. The van der Waals surface area contributed by atoms with Gasteiger partial charge in [0.2, 0.25) is 0 Å². The van der Waals surface area contributed by atoms with Gasteiger partial charge in [0, 0.05) is 5.69 Å². The van der Waals surface area contributed by atoms with E-state index in [0.29, 0.717) is 11.3 Å². The number of carbonyl (C=O) groups excluding carboxylic acids is 1. The van der Waals surface area contributed by atoms with Crippen molar-refractivity contribution in [3.63, 3.8) is 0 Å². The van der Waals surface area contributed by atoms with Gasteiger partial charge in [-0.05, 0) is 45.4 Å². The Morgan fingerprint density at radius 2 is 1.93 bits per heavy atom. The average molecular weight is 207 g/mol. The van der Waals surface area contributed by atoms with Gasteiger partial charge >= 0.3 is 5.97 Å². The molecule has 15 heavy (non-hydrogen) atoms. The first-order valence-electron chi connectivity index (χ1n) is 4.89. The summed E-state index contributed by atoms with van der Waals surface area (Å²) in [4.78, 5) is 11.7.